The van der Waals surface area contributed by atoms with Gasteiger partial charge < -0.3 is 19.9 Å². The zero-order valence-electron chi connectivity index (χ0n) is 16.8. The fourth-order valence-electron chi connectivity index (χ4n) is 3.50. The molecule has 2 amide bonds. The summed E-state index contributed by atoms with van der Waals surface area (Å²) < 4.78 is 19.0. The van der Waals surface area contributed by atoms with E-state index in [4.69, 9.17) is 4.74 Å². The zero-order chi connectivity index (χ0) is 20.8. The van der Waals surface area contributed by atoms with Crippen molar-refractivity contribution >= 4 is 17.5 Å². The Bertz CT molecular complexity index is 859. The molecule has 0 aliphatic carbocycles. The number of hydrogen-bond donors (Lipinski definition) is 2. The highest BCUT2D eigenvalue weighted by Gasteiger charge is 2.25. The van der Waals surface area contributed by atoms with E-state index in [1.54, 1.807) is 17.0 Å². The maximum Gasteiger partial charge on any atom is 0.279 e. The van der Waals surface area contributed by atoms with Gasteiger partial charge in [0.15, 0.2) is 13.2 Å². The third-order valence-electron chi connectivity index (χ3n) is 5.09. The summed E-state index contributed by atoms with van der Waals surface area (Å²) in [4.78, 5) is 27.5. The molecule has 0 atom stereocenters. The van der Waals surface area contributed by atoms with Crippen molar-refractivity contribution in [1.29, 1.82) is 0 Å². The van der Waals surface area contributed by atoms with Crippen LogP contribution in [-0.2, 0) is 9.59 Å². The van der Waals surface area contributed by atoms with Gasteiger partial charge in [0, 0.05) is 5.69 Å². The molecule has 0 bridgehead atoms. The Labute approximate surface area is 170 Å². The summed E-state index contributed by atoms with van der Waals surface area (Å²) in [5, 5.41) is 2.71. The van der Waals surface area contributed by atoms with Crippen LogP contribution in [0.1, 0.15) is 11.1 Å². The van der Waals surface area contributed by atoms with E-state index in [1.165, 1.54) is 12.1 Å². The molecule has 0 spiro atoms. The number of nitrogens with one attached hydrogen (secondary N) is 2. The molecule has 2 N–H and O–H groups in total. The molecular formula is C22H27FN3O3+. The number of quaternary nitrogens is 1. The maximum absolute atomic E-state index is 13.2. The van der Waals surface area contributed by atoms with Crippen LogP contribution in [-0.4, -0.2) is 56.0 Å². The molecule has 2 aromatic rings. The average Bonchev–Trinajstić information content (AvgIpc) is 2.68. The first-order chi connectivity index (χ1) is 13.9. The van der Waals surface area contributed by atoms with Crippen molar-refractivity contribution in [3.05, 3.63) is 59.4 Å². The summed E-state index contributed by atoms with van der Waals surface area (Å²) >= 11 is 0. The van der Waals surface area contributed by atoms with Gasteiger partial charge in [0.05, 0.1) is 26.2 Å². The van der Waals surface area contributed by atoms with E-state index in [2.05, 4.69) is 5.32 Å². The molecule has 1 aliphatic rings. The van der Waals surface area contributed by atoms with Gasteiger partial charge in [-0.25, -0.2) is 4.39 Å². The predicted molar refractivity (Wildman–Crippen MR) is 109 cm³/mol. The lowest BCUT2D eigenvalue weighted by Gasteiger charge is -2.31. The standard InChI is InChI=1S/C22H26FN3O3/c1-16-5-3-6-17(2)22(16)29-15-21(28)26-11-9-25(10-12-26)14-20(27)24-19-8-4-7-18(23)13-19/h3-8,13H,9-12,14-15H2,1-2H3,(H,24,27)/p+1. The summed E-state index contributed by atoms with van der Waals surface area (Å²) in [7, 11) is 0. The number of carbonyl (C=O) groups excluding carboxylic acids is 2. The molecular weight excluding hydrogens is 373 g/mol. The fourth-order valence-corrected chi connectivity index (χ4v) is 3.50. The van der Waals surface area contributed by atoms with Gasteiger partial charge >= 0.3 is 0 Å². The Morgan fingerprint density at radius 3 is 2.41 bits per heavy atom. The molecule has 0 saturated carbocycles. The maximum atomic E-state index is 13.2. The molecule has 154 valence electrons. The van der Waals surface area contributed by atoms with Gasteiger partial charge in [0.1, 0.15) is 11.6 Å². The van der Waals surface area contributed by atoms with Crippen LogP contribution in [0, 0.1) is 19.7 Å². The van der Waals surface area contributed by atoms with Gasteiger partial charge in [-0.15, -0.1) is 0 Å². The van der Waals surface area contributed by atoms with Crippen molar-refractivity contribution in [3.63, 3.8) is 0 Å². The van der Waals surface area contributed by atoms with Gasteiger partial charge in [-0.1, -0.05) is 24.3 Å². The van der Waals surface area contributed by atoms with Crippen LogP contribution in [0.25, 0.3) is 0 Å². The molecule has 29 heavy (non-hydrogen) atoms. The summed E-state index contributed by atoms with van der Waals surface area (Å²) in [6, 6.07) is 11.7. The molecule has 1 heterocycles. The lowest BCUT2D eigenvalue weighted by Crippen LogP contribution is -3.15. The fraction of sp³-hybridized carbons (Fsp3) is 0.364. The molecule has 3 rings (SSSR count). The van der Waals surface area contributed by atoms with Crippen LogP contribution in [0.4, 0.5) is 10.1 Å². The Morgan fingerprint density at radius 2 is 1.76 bits per heavy atom. The van der Waals surface area contributed by atoms with Gasteiger partial charge in [-0.3, -0.25) is 9.59 Å². The second kappa shape index (κ2) is 9.52. The third-order valence-corrected chi connectivity index (χ3v) is 5.09. The summed E-state index contributed by atoms with van der Waals surface area (Å²) in [5.74, 6) is 0.171. The highest BCUT2D eigenvalue weighted by Crippen LogP contribution is 2.22. The quantitative estimate of drug-likeness (QED) is 0.766. The molecule has 7 heteroatoms. The summed E-state index contributed by atoms with van der Waals surface area (Å²) in [5.41, 5.74) is 2.47. The highest BCUT2D eigenvalue weighted by molar-refractivity contribution is 5.91. The van der Waals surface area contributed by atoms with Crippen molar-refractivity contribution in [2.75, 3.05) is 44.6 Å². The lowest BCUT2D eigenvalue weighted by molar-refractivity contribution is -0.895. The number of aryl methyl sites for hydroxylation is 2. The minimum Gasteiger partial charge on any atom is -0.483 e. The Balaban J connectivity index is 1.42. The van der Waals surface area contributed by atoms with Crippen LogP contribution in [0.5, 0.6) is 5.75 Å². The van der Waals surface area contributed by atoms with Crippen molar-refractivity contribution in [2.24, 2.45) is 0 Å². The van der Waals surface area contributed by atoms with E-state index in [0.717, 1.165) is 21.8 Å². The number of piperazine rings is 1. The van der Waals surface area contributed by atoms with E-state index in [0.29, 0.717) is 31.9 Å². The molecule has 0 radical (unpaired) electrons. The van der Waals surface area contributed by atoms with Crippen LogP contribution in [0.2, 0.25) is 0 Å². The highest BCUT2D eigenvalue weighted by atomic mass is 19.1. The smallest absolute Gasteiger partial charge is 0.279 e. The average molecular weight is 400 g/mol. The Morgan fingerprint density at radius 1 is 1.10 bits per heavy atom. The molecule has 1 saturated heterocycles. The van der Waals surface area contributed by atoms with Crippen molar-refractivity contribution in [3.8, 4) is 5.75 Å². The topological polar surface area (TPSA) is 63.1 Å². The van der Waals surface area contributed by atoms with Gasteiger partial charge in [-0.2, -0.15) is 0 Å². The van der Waals surface area contributed by atoms with Gasteiger partial charge in [0.2, 0.25) is 0 Å². The van der Waals surface area contributed by atoms with Crippen molar-refractivity contribution in [1.82, 2.24) is 4.90 Å². The predicted octanol–water partition coefficient (Wildman–Crippen LogP) is 1.19. The summed E-state index contributed by atoms with van der Waals surface area (Å²) in [6.07, 6.45) is 0. The first kappa shape index (κ1) is 20.8. The first-order valence-electron chi connectivity index (χ1n) is 9.78. The number of anilines is 1. The molecule has 0 unspecified atom stereocenters. The number of para-hydroxylation sites is 1. The number of ether oxygens (including phenoxy) is 1. The number of carbonyl (C=O) groups is 2. The van der Waals surface area contributed by atoms with Crippen molar-refractivity contribution < 1.29 is 23.6 Å². The molecule has 2 aromatic carbocycles. The minimum atomic E-state index is -0.384. The number of hydrogen-bond acceptors (Lipinski definition) is 3. The second-order valence-electron chi connectivity index (χ2n) is 7.38. The zero-order valence-corrected chi connectivity index (χ0v) is 16.8. The third kappa shape index (κ3) is 5.77. The van der Waals surface area contributed by atoms with E-state index >= 15 is 0 Å². The van der Waals surface area contributed by atoms with Crippen LogP contribution in [0.3, 0.4) is 0 Å². The summed E-state index contributed by atoms with van der Waals surface area (Å²) in [6.45, 7) is 6.76. The number of nitrogens with zero attached hydrogens (tertiary/aromatic N) is 1. The molecule has 1 aliphatic heterocycles. The van der Waals surface area contributed by atoms with Crippen LogP contribution in [0.15, 0.2) is 42.5 Å². The van der Waals surface area contributed by atoms with E-state index in [-0.39, 0.29) is 30.8 Å². The molecule has 0 aromatic heterocycles. The minimum absolute atomic E-state index is 0.0150. The first-order valence-corrected chi connectivity index (χ1v) is 9.78. The normalized spacial score (nSPS) is 14.5. The monoisotopic (exact) mass is 400 g/mol. The Hall–Kier alpha value is -2.93. The lowest BCUT2D eigenvalue weighted by atomic mass is 10.1. The van der Waals surface area contributed by atoms with E-state index in [1.807, 2.05) is 32.0 Å². The van der Waals surface area contributed by atoms with Crippen molar-refractivity contribution in [2.45, 2.75) is 13.8 Å². The van der Waals surface area contributed by atoms with Gasteiger partial charge in [-0.05, 0) is 43.2 Å². The largest absolute Gasteiger partial charge is 0.483 e. The number of halogens is 1. The van der Waals surface area contributed by atoms with Gasteiger partial charge in [0.25, 0.3) is 11.8 Å². The number of benzene rings is 2. The van der Waals surface area contributed by atoms with E-state index in [9.17, 15) is 14.0 Å². The van der Waals surface area contributed by atoms with E-state index < -0.39 is 0 Å². The SMILES string of the molecule is Cc1cccc(C)c1OCC(=O)N1CC[NH+](CC(=O)Nc2cccc(F)c2)CC1. The van der Waals surface area contributed by atoms with Crippen LogP contribution >= 0.6 is 0 Å². The Kier molecular flexibility index (Phi) is 6.82. The molecule has 6 nitrogen and oxygen atoms in total. The number of amides is 2. The van der Waals surface area contributed by atoms with Crippen LogP contribution < -0.4 is 15.0 Å². The number of rotatable bonds is 6. The molecule has 1 fully saturated rings. The second-order valence-corrected chi connectivity index (χ2v) is 7.38.